The first-order valence-electron chi connectivity index (χ1n) is 11.4. The monoisotopic (exact) mass is 612 g/mol. The average molecular weight is 613 g/mol. The number of carbonyl (C=O) groups excluding carboxylic acids is 2. The number of alkyl halides is 3. The highest BCUT2D eigenvalue weighted by Gasteiger charge is 2.37. The molecular formula is C24H20BrF3N4O3S2. The summed E-state index contributed by atoms with van der Waals surface area (Å²) >= 11 is 5.78. The van der Waals surface area contributed by atoms with Crippen LogP contribution < -0.4 is 5.32 Å². The molecule has 0 bridgehead atoms. The number of nitrogens with one attached hydrogen (secondary N) is 1. The van der Waals surface area contributed by atoms with Crippen LogP contribution >= 0.6 is 38.6 Å². The van der Waals surface area contributed by atoms with Gasteiger partial charge in [0.15, 0.2) is 17.0 Å². The molecule has 0 radical (unpaired) electrons. The number of hydrogen-bond acceptors (Lipinski definition) is 7. The third-order valence-electron chi connectivity index (χ3n) is 6.03. The van der Waals surface area contributed by atoms with Crippen molar-refractivity contribution in [1.29, 1.82) is 0 Å². The van der Waals surface area contributed by atoms with Gasteiger partial charge in [0.25, 0.3) is 5.91 Å². The molecule has 0 unspecified atom stereocenters. The van der Waals surface area contributed by atoms with E-state index >= 15 is 0 Å². The van der Waals surface area contributed by atoms with Gasteiger partial charge in [-0.1, -0.05) is 13.0 Å². The molecule has 194 valence electrons. The lowest BCUT2D eigenvalue weighted by atomic mass is 9.88. The molecule has 0 aliphatic heterocycles. The van der Waals surface area contributed by atoms with Crippen LogP contribution in [0.1, 0.15) is 57.2 Å². The van der Waals surface area contributed by atoms with Gasteiger partial charge in [-0.15, -0.1) is 22.7 Å². The molecule has 4 aromatic rings. The van der Waals surface area contributed by atoms with E-state index in [-0.39, 0.29) is 28.1 Å². The summed E-state index contributed by atoms with van der Waals surface area (Å²) < 4.78 is 47.7. The van der Waals surface area contributed by atoms with Gasteiger partial charge in [-0.05, 0) is 71.1 Å². The fourth-order valence-electron chi connectivity index (χ4n) is 4.31. The summed E-state index contributed by atoms with van der Waals surface area (Å²) in [6.45, 7) is 3.98. The number of rotatable bonds is 5. The van der Waals surface area contributed by atoms with Crippen LogP contribution in [0, 0.1) is 5.92 Å². The average Bonchev–Trinajstić information content (AvgIpc) is 3.55. The molecule has 1 aliphatic carbocycles. The summed E-state index contributed by atoms with van der Waals surface area (Å²) in [6, 6.07) is 4.29. The van der Waals surface area contributed by atoms with E-state index < -0.39 is 23.7 Å². The van der Waals surface area contributed by atoms with Crippen LogP contribution in [-0.2, 0) is 23.8 Å². The van der Waals surface area contributed by atoms with Gasteiger partial charge >= 0.3 is 12.1 Å². The number of amides is 1. The molecule has 13 heteroatoms. The lowest BCUT2D eigenvalue weighted by molar-refractivity contribution is -0.142. The second-order valence-electron chi connectivity index (χ2n) is 8.63. The number of nitrogens with zero attached hydrogens (tertiary/aromatic N) is 3. The Balaban J connectivity index is 1.58. The van der Waals surface area contributed by atoms with Gasteiger partial charge in [0, 0.05) is 4.88 Å². The Morgan fingerprint density at radius 1 is 1.35 bits per heavy atom. The fraction of sp³-hybridized carbons (Fsp3) is 0.333. The van der Waals surface area contributed by atoms with Gasteiger partial charge in [0.1, 0.15) is 5.00 Å². The van der Waals surface area contributed by atoms with Crippen molar-refractivity contribution in [3.05, 3.63) is 55.4 Å². The molecule has 1 aliphatic rings. The minimum absolute atomic E-state index is 0.0153. The molecule has 37 heavy (non-hydrogen) atoms. The van der Waals surface area contributed by atoms with Gasteiger partial charge in [-0.25, -0.2) is 14.3 Å². The summed E-state index contributed by atoms with van der Waals surface area (Å²) in [5, 5.41) is 8.71. The Kier molecular flexibility index (Phi) is 6.88. The van der Waals surface area contributed by atoms with Crippen LogP contribution in [0.15, 0.2) is 28.1 Å². The second-order valence-corrected chi connectivity index (χ2v) is 11.5. The number of halogens is 4. The third-order valence-corrected chi connectivity index (χ3v) is 8.82. The van der Waals surface area contributed by atoms with E-state index in [1.807, 2.05) is 0 Å². The van der Waals surface area contributed by atoms with Crippen LogP contribution in [0.5, 0.6) is 0 Å². The zero-order valence-electron chi connectivity index (χ0n) is 19.6. The number of esters is 1. The van der Waals surface area contributed by atoms with Crippen molar-refractivity contribution in [2.24, 2.45) is 5.92 Å². The highest BCUT2D eigenvalue weighted by Crippen LogP contribution is 2.41. The quantitative estimate of drug-likeness (QED) is 0.249. The van der Waals surface area contributed by atoms with Crippen molar-refractivity contribution in [3.63, 3.8) is 0 Å². The molecule has 4 aromatic heterocycles. The number of hydrogen-bond donors (Lipinski definition) is 1. The first-order valence-corrected chi connectivity index (χ1v) is 13.9. The molecule has 1 N–H and O–H groups in total. The highest BCUT2D eigenvalue weighted by atomic mass is 79.9. The summed E-state index contributed by atoms with van der Waals surface area (Å²) in [4.78, 5) is 32.0. The van der Waals surface area contributed by atoms with Crippen molar-refractivity contribution in [3.8, 4) is 10.6 Å². The van der Waals surface area contributed by atoms with Crippen LogP contribution in [0.25, 0.3) is 16.2 Å². The predicted molar refractivity (Wildman–Crippen MR) is 138 cm³/mol. The topological polar surface area (TPSA) is 85.6 Å². The van der Waals surface area contributed by atoms with E-state index in [0.29, 0.717) is 32.3 Å². The van der Waals surface area contributed by atoms with E-state index in [0.717, 1.165) is 29.3 Å². The van der Waals surface area contributed by atoms with Crippen molar-refractivity contribution < 1.29 is 27.5 Å². The van der Waals surface area contributed by atoms with Crippen molar-refractivity contribution in [2.45, 2.75) is 39.3 Å². The van der Waals surface area contributed by atoms with Crippen molar-refractivity contribution in [2.75, 3.05) is 11.9 Å². The summed E-state index contributed by atoms with van der Waals surface area (Å²) in [5.74, 6) is -0.873. The Morgan fingerprint density at radius 3 is 2.81 bits per heavy atom. The molecule has 0 spiro atoms. The summed E-state index contributed by atoms with van der Waals surface area (Å²) in [6.07, 6.45) is -2.39. The van der Waals surface area contributed by atoms with E-state index in [9.17, 15) is 22.8 Å². The Hall–Kier alpha value is -2.77. The maximum atomic E-state index is 14.0. The Bertz CT molecular complexity index is 1510. The largest absolute Gasteiger partial charge is 0.462 e. The molecule has 1 atom stereocenters. The van der Waals surface area contributed by atoms with Gasteiger partial charge in [-0.3, -0.25) is 4.79 Å². The van der Waals surface area contributed by atoms with E-state index in [2.05, 4.69) is 38.3 Å². The zero-order chi connectivity index (χ0) is 26.5. The molecule has 5 rings (SSSR count). The van der Waals surface area contributed by atoms with Gasteiger partial charge in [-0.2, -0.15) is 18.3 Å². The summed E-state index contributed by atoms with van der Waals surface area (Å²) in [5.41, 5.74) is -0.215. The third kappa shape index (κ3) is 4.79. The molecule has 4 heterocycles. The molecule has 1 amide bonds. The number of aromatic nitrogens is 3. The van der Waals surface area contributed by atoms with Gasteiger partial charge in [0.05, 0.1) is 27.2 Å². The Labute approximate surface area is 225 Å². The molecule has 0 saturated heterocycles. The van der Waals surface area contributed by atoms with Crippen LogP contribution in [0.4, 0.5) is 18.2 Å². The SMILES string of the molecule is CCOC(=O)c1c(NC(=O)c2nn3c(C(F)(F)F)cc(-c4cccs4)nc3c2Br)sc2c1CC[C@@H](C)C2. The van der Waals surface area contributed by atoms with E-state index in [4.69, 9.17) is 4.74 Å². The van der Waals surface area contributed by atoms with Crippen LogP contribution in [0.2, 0.25) is 0 Å². The fourth-order valence-corrected chi connectivity index (χ4v) is 6.91. The predicted octanol–water partition coefficient (Wildman–Crippen LogP) is 6.85. The molecule has 0 saturated carbocycles. The number of thiophene rings is 2. The lowest BCUT2D eigenvalue weighted by Crippen LogP contribution is -2.18. The molecule has 7 nitrogen and oxygen atoms in total. The first-order chi connectivity index (χ1) is 17.6. The standard InChI is InChI=1S/C24H20BrF3N4O3S2/c1-3-35-23(34)17-12-7-6-11(2)9-15(12)37-22(17)30-21(33)19-18(25)20-29-13(14-5-4-8-36-14)10-16(24(26,27)28)32(20)31-19/h4-5,8,10-11H,3,6-7,9H2,1-2H3,(H,30,33)/t11-/m1/s1. The zero-order valence-corrected chi connectivity index (χ0v) is 22.8. The number of ether oxygens (including phenoxy) is 1. The highest BCUT2D eigenvalue weighted by molar-refractivity contribution is 9.10. The minimum atomic E-state index is -4.74. The van der Waals surface area contributed by atoms with Crippen molar-refractivity contribution >= 4 is 61.1 Å². The maximum absolute atomic E-state index is 14.0. The number of anilines is 1. The van der Waals surface area contributed by atoms with Crippen LogP contribution in [0.3, 0.4) is 0 Å². The lowest BCUT2D eigenvalue weighted by Gasteiger charge is -2.18. The first kappa shape index (κ1) is 25.9. The van der Waals surface area contributed by atoms with Gasteiger partial charge in [0.2, 0.25) is 0 Å². The summed E-state index contributed by atoms with van der Waals surface area (Å²) in [7, 11) is 0. The maximum Gasteiger partial charge on any atom is 0.433 e. The van der Waals surface area contributed by atoms with Crippen LogP contribution in [-0.4, -0.2) is 33.1 Å². The molecule has 0 aromatic carbocycles. The van der Waals surface area contributed by atoms with E-state index in [1.165, 1.54) is 22.7 Å². The smallest absolute Gasteiger partial charge is 0.433 e. The molecule has 0 fully saturated rings. The van der Waals surface area contributed by atoms with Gasteiger partial charge < -0.3 is 10.1 Å². The number of carbonyl (C=O) groups is 2. The van der Waals surface area contributed by atoms with E-state index in [1.54, 1.807) is 24.4 Å². The normalized spacial score (nSPS) is 15.6. The second kappa shape index (κ2) is 9.84. The minimum Gasteiger partial charge on any atom is -0.462 e. The molecular weight excluding hydrogens is 593 g/mol. The van der Waals surface area contributed by atoms with Crippen molar-refractivity contribution in [1.82, 2.24) is 14.6 Å². The Morgan fingerprint density at radius 2 is 2.14 bits per heavy atom. The number of fused-ring (bicyclic) bond motifs is 2.